The number of hydrogen-bond donors (Lipinski definition) is 0. The van der Waals surface area contributed by atoms with Gasteiger partial charge < -0.3 is 4.90 Å². The lowest BCUT2D eigenvalue weighted by Crippen LogP contribution is -2.37. The van der Waals surface area contributed by atoms with Crippen molar-refractivity contribution < 1.29 is 4.79 Å². The van der Waals surface area contributed by atoms with Crippen molar-refractivity contribution in [1.82, 2.24) is 4.90 Å². The molecule has 1 aliphatic heterocycles. The van der Waals surface area contributed by atoms with Crippen LogP contribution in [0.15, 0.2) is 0 Å². The van der Waals surface area contributed by atoms with Crippen LogP contribution in [0.4, 0.5) is 0 Å². The smallest absolute Gasteiger partial charge is 0.223 e. The minimum Gasteiger partial charge on any atom is -0.340 e. The van der Waals surface area contributed by atoms with E-state index in [2.05, 4.69) is 25.7 Å². The van der Waals surface area contributed by atoms with E-state index in [-0.39, 0.29) is 0 Å². The monoisotopic (exact) mass is 223 g/mol. The van der Waals surface area contributed by atoms with E-state index < -0.39 is 0 Å². The van der Waals surface area contributed by atoms with E-state index in [1.165, 1.54) is 25.7 Å². The van der Waals surface area contributed by atoms with Gasteiger partial charge in [-0.1, -0.05) is 20.8 Å². The summed E-state index contributed by atoms with van der Waals surface area (Å²) in [5.41, 5.74) is 0.373. The van der Waals surface area contributed by atoms with Gasteiger partial charge in [0.05, 0.1) is 0 Å². The average Bonchev–Trinajstić information content (AvgIpc) is 2.88. The molecule has 0 N–H and O–H groups in total. The molecule has 92 valence electrons. The second-order valence-electron chi connectivity index (χ2n) is 5.99. The Morgan fingerprint density at radius 3 is 2.62 bits per heavy atom. The first kappa shape index (κ1) is 11.9. The predicted octanol–water partition coefficient (Wildman–Crippen LogP) is 3.21. The van der Waals surface area contributed by atoms with Crippen molar-refractivity contribution in [2.45, 2.75) is 65.3 Å². The van der Waals surface area contributed by atoms with E-state index in [0.717, 1.165) is 19.4 Å². The molecule has 1 unspecified atom stereocenters. The summed E-state index contributed by atoms with van der Waals surface area (Å²) < 4.78 is 0. The first-order valence-electron chi connectivity index (χ1n) is 6.88. The van der Waals surface area contributed by atoms with Gasteiger partial charge in [0.15, 0.2) is 0 Å². The zero-order valence-electron chi connectivity index (χ0n) is 11.0. The Morgan fingerprint density at radius 2 is 2.12 bits per heavy atom. The van der Waals surface area contributed by atoms with Crippen LogP contribution in [0.25, 0.3) is 0 Å². The lowest BCUT2D eigenvalue weighted by atomic mass is 9.88. The third-order valence-corrected chi connectivity index (χ3v) is 4.79. The fraction of sp³-hybridized carbons (Fsp3) is 0.929. The molecule has 1 amide bonds. The summed E-state index contributed by atoms with van der Waals surface area (Å²) in [6.45, 7) is 7.74. The number of hydrogen-bond acceptors (Lipinski definition) is 1. The lowest BCUT2D eigenvalue weighted by Gasteiger charge is -2.27. The van der Waals surface area contributed by atoms with Crippen molar-refractivity contribution >= 4 is 5.91 Å². The highest BCUT2D eigenvalue weighted by molar-refractivity contribution is 5.78. The number of rotatable bonds is 4. The molecule has 0 aromatic carbocycles. The van der Waals surface area contributed by atoms with Crippen LogP contribution in [-0.2, 0) is 4.79 Å². The van der Waals surface area contributed by atoms with E-state index in [1.54, 1.807) is 0 Å². The van der Waals surface area contributed by atoms with Gasteiger partial charge in [0.2, 0.25) is 5.91 Å². The Hall–Kier alpha value is -0.530. The molecule has 1 atom stereocenters. The number of carbonyl (C=O) groups excluding carboxylic acids is 1. The van der Waals surface area contributed by atoms with Crippen molar-refractivity contribution in [3.63, 3.8) is 0 Å². The van der Waals surface area contributed by atoms with Gasteiger partial charge in [0.1, 0.15) is 0 Å². The number of carbonyl (C=O) groups is 1. The minimum atomic E-state index is 0.373. The molecular formula is C14H25NO. The maximum absolute atomic E-state index is 12.3. The largest absolute Gasteiger partial charge is 0.340 e. The number of nitrogens with zero attached hydrogens (tertiary/aromatic N) is 1. The topological polar surface area (TPSA) is 20.3 Å². The molecule has 2 aliphatic rings. The summed E-state index contributed by atoms with van der Waals surface area (Å²) in [4.78, 5) is 14.5. The Morgan fingerprint density at radius 1 is 1.44 bits per heavy atom. The minimum absolute atomic E-state index is 0.373. The van der Waals surface area contributed by atoms with E-state index >= 15 is 0 Å². The number of amides is 1. The molecule has 2 rings (SSSR count). The van der Waals surface area contributed by atoms with Crippen LogP contribution in [0, 0.1) is 11.3 Å². The third kappa shape index (κ3) is 2.11. The number of likely N-dealkylation sites (tertiary alicyclic amines) is 1. The summed E-state index contributed by atoms with van der Waals surface area (Å²) in [5.74, 6) is 1.09. The fourth-order valence-electron chi connectivity index (χ4n) is 3.11. The SMILES string of the molecule is CCC1CCCN1C(=O)CC1(C(C)C)CC1. The standard InChI is InChI=1S/C14H25NO/c1-4-12-6-5-9-15(12)13(16)10-14(7-8-14)11(2)3/h11-12H,4-10H2,1-3H3. The first-order valence-corrected chi connectivity index (χ1v) is 6.88. The van der Waals surface area contributed by atoms with Gasteiger partial charge in [0.25, 0.3) is 0 Å². The van der Waals surface area contributed by atoms with Gasteiger partial charge in [-0.15, -0.1) is 0 Å². The molecule has 1 aliphatic carbocycles. The maximum atomic E-state index is 12.3. The maximum Gasteiger partial charge on any atom is 0.223 e. The van der Waals surface area contributed by atoms with Crippen LogP contribution in [0.1, 0.15) is 59.3 Å². The van der Waals surface area contributed by atoms with Crippen LogP contribution < -0.4 is 0 Å². The third-order valence-electron chi connectivity index (χ3n) is 4.79. The van der Waals surface area contributed by atoms with Crippen LogP contribution in [0.3, 0.4) is 0 Å². The first-order chi connectivity index (χ1) is 7.59. The zero-order valence-corrected chi connectivity index (χ0v) is 11.0. The quantitative estimate of drug-likeness (QED) is 0.716. The molecule has 0 bridgehead atoms. The highest BCUT2D eigenvalue weighted by atomic mass is 16.2. The lowest BCUT2D eigenvalue weighted by molar-refractivity contribution is -0.133. The van der Waals surface area contributed by atoms with E-state index in [0.29, 0.717) is 23.3 Å². The van der Waals surface area contributed by atoms with E-state index in [1.807, 2.05) is 0 Å². The molecule has 0 aromatic heterocycles. The molecule has 16 heavy (non-hydrogen) atoms. The van der Waals surface area contributed by atoms with Gasteiger partial charge in [-0.05, 0) is 43.4 Å². The Labute approximate surface area is 99.4 Å². The molecule has 0 radical (unpaired) electrons. The van der Waals surface area contributed by atoms with Gasteiger partial charge in [-0.3, -0.25) is 4.79 Å². The Kier molecular flexibility index (Phi) is 3.27. The molecular weight excluding hydrogens is 198 g/mol. The predicted molar refractivity (Wildman–Crippen MR) is 66.1 cm³/mol. The molecule has 2 heteroatoms. The normalized spacial score (nSPS) is 27.5. The second kappa shape index (κ2) is 4.38. The summed E-state index contributed by atoms with van der Waals surface area (Å²) in [6.07, 6.45) is 6.89. The van der Waals surface area contributed by atoms with Crippen LogP contribution >= 0.6 is 0 Å². The summed E-state index contributed by atoms with van der Waals surface area (Å²) in [6, 6.07) is 0.537. The summed E-state index contributed by atoms with van der Waals surface area (Å²) >= 11 is 0. The van der Waals surface area contributed by atoms with Gasteiger partial charge >= 0.3 is 0 Å². The molecule has 0 aromatic rings. The van der Waals surface area contributed by atoms with E-state index in [9.17, 15) is 4.79 Å². The van der Waals surface area contributed by atoms with Crippen molar-refractivity contribution in [2.75, 3.05) is 6.54 Å². The van der Waals surface area contributed by atoms with Crippen LogP contribution in [0.2, 0.25) is 0 Å². The van der Waals surface area contributed by atoms with Crippen molar-refractivity contribution in [2.24, 2.45) is 11.3 Å². The molecule has 1 saturated carbocycles. The zero-order chi connectivity index (χ0) is 11.8. The van der Waals surface area contributed by atoms with Gasteiger partial charge in [0, 0.05) is 19.0 Å². The van der Waals surface area contributed by atoms with Crippen LogP contribution in [-0.4, -0.2) is 23.4 Å². The molecule has 1 saturated heterocycles. The van der Waals surface area contributed by atoms with Gasteiger partial charge in [-0.25, -0.2) is 0 Å². The highest BCUT2D eigenvalue weighted by Gasteiger charge is 2.47. The average molecular weight is 223 g/mol. The summed E-state index contributed by atoms with van der Waals surface area (Å²) in [5, 5.41) is 0. The molecule has 0 spiro atoms. The molecule has 2 fully saturated rings. The second-order valence-corrected chi connectivity index (χ2v) is 5.99. The molecule has 1 heterocycles. The van der Waals surface area contributed by atoms with Crippen LogP contribution in [0.5, 0.6) is 0 Å². The van der Waals surface area contributed by atoms with Crippen molar-refractivity contribution in [1.29, 1.82) is 0 Å². The van der Waals surface area contributed by atoms with E-state index in [4.69, 9.17) is 0 Å². The summed E-state index contributed by atoms with van der Waals surface area (Å²) in [7, 11) is 0. The fourth-order valence-corrected chi connectivity index (χ4v) is 3.11. The van der Waals surface area contributed by atoms with Crippen molar-refractivity contribution in [3.8, 4) is 0 Å². The Balaban J connectivity index is 1.93. The van der Waals surface area contributed by atoms with Crippen molar-refractivity contribution in [3.05, 3.63) is 0 Å². The Bertz CT molecular complexity index is 268. The highest BCUT2D eigenvalue weighted by Crippen LogP contribution is 2.55. The van der Waals surface area contributed by atoms with Gasteiger partial charge in [-0.2, -0.15) is 0 Å². The molecule has 2 nitrogen and oxygen atoms in total.